The zero-order chi connectivity index (χ0) is 11.4. The lowest BCUT2D eigenvalue weighted by molar-refractivity contribution is 0.394. The first-order chi connectivity index (χ1) is 7.83. The molecular weight excluding hydrogens is 206 g/mol. The molecule has 1 aromatic heterocycles. The van der Waals surface area contributed by atoms with Crippen LogP contribution in [0.3, 0.4) is 0 Å². The van der Waals surface area contributed by atoms with Gasteiger partial charge >= 0.3 is 0 Å². The first-order valence-electron chi connectivity index (χ1n) is 4.71. The van der Waals surface area contributed by atoms with Gasteiger partial charge in [-0.25, -0.2) is 0 Å². The molecule has 5 heteroatoms. The van der Waals surface area contributed by atoms with E-state index in [9.17, 15) is 0 Å². The maximum atomic E-state index is 5.18. The van der Waals surface area contributed by atoms with Crippen molar-refractivity contribution in [3.05, 3.63) is 30.5 Å². The van der Waals surface area contributed by atoms with Crippen LogP contribution in [0.1, 0.15) is 0 Å². The van der Waals surface area contributed by atoms with E-state index in [2.05, 4.69) is 15.4 Å². The summed E-state index contributed by atoms with van der Waals surface area (Å²) in [5.74, 6) is 1.43. The van der Waals surface area contributed by atoms with Crippen LogP contribution in [0.25, 0.3) is 11.3 Å². The zero-order valence-corrected chi connectivity index (χ0v) is 9.04. The average molecular weight is 217 g/mol. The van der Waals surface area contributed by atoms with Gasteiger partial charge in [-0.2, -0.15) is 0 Å². The fourth-order valence-corrected chi connectivity index (χ4v) is 1.35. The molecular formula is C11H11N3O2. The Hall–Kier alpha value is -2.17. The van der Waals surface area contributed by atoms with Crippen LogP contribution < -0.4 is 9.47 Å². The monoisotopic (exact) mass is 217 g/mol. The van der Waals surface area contributed by atoms with Crippen molar-refractivity contribution in [1.82, 2.24) is 15.4 Å². The Morgan fingerprint density at radius 2 is 1.69 bits per heavy atom. The third-order valence-corrected chi connectivity index (χ3v) is 2.15. The van der Waals surface area contributed by atoms with Gasteiger partial charge in [0.05, 0.1) is 26.1 Å². The Morgan fingerprint density at radius 1 is 1.00 bits per heavy atom. The molecule has 0 saturated carbocycles. The van der Waals surface area contributed by atoms with Gasteiger partial charge in [-0.1, -0.05) is 0 Å². The van der Waals surface area contributed by atoms with Crippen molar-refractivity contribution in [2.75, 3.05) is 14.2 Å². The van der Waals surface area contributed by atoms with Crippen molar-refractivity contribution in [2.45, 2.75) is 0 Å². The molecule has 1 aromatic carbocycles. The van der Waals surface area contributed by atoms with Crippen molar-refractivity contribution in [2.24, 2.45) is 0 Å². The van der Waals surface area contributed by atoms with Gasteiger partial charge in [0, 0.05) is 11.6 Å². The summed E-state index contributed by atoms with van der Waals surface area (Å²) < 4.78 is 10.4. The van der Waals surface area contributed by atoms with Gasteiger partial charge in [-0.15, -0.1) is 10.2 Å². The Morgan fingerprint density at radius 3 is 2.19 bits per heavy atom. The van der Waals surface area contributed by atoms with Gasteiger partial charge in [-0.05, 0) is 23.4 Å². The smallest absolute Gasteiger partial charge is 0.123 e. The van der Waals surface area contributed by atoms with E-state index < -0.39 is 0 Å². The molecule has 0 radical (unpaired) electrons. The Bertz CT molecular complexity index is 452. The minimum atomic E-state index is 0.716. The molecule has 16 heavy (non-hydrogen) atoms. The van der Waals surface area contributed by atoms with Gasteiger partial charge in [0.2, 0.25) is 0 Å². The van der Waals surface area contributed by atoms with E-state index in [-0.39, 0.29) is 0 Å². The van der Waals surface area contributed by atoms with Gasteiger partial charge in [-0.3, -0.25) is 0 Å². The molecule has 0 aliphatic carbocycles. The Labute approximate surface area is 93.0 Å². The highest BCUT2D eigenvalue weighted by Gasteiger charge is 2.05. The molecule has 2 aromatic rings. The summed E-state index contributed by atoms with van der Waals surface area (Å²) in [5, 5.41) is 11.2. The molecule has 0 saturated heterocycles. The molecule has 0 bridgehead atoms. The number of hydrogen-bond donors (Lipinski definition) is 0. The molecule has 0 atom stereocenters. The number of methoxy groups -OCH3 is 2. The van der Waals surface area contributed by atoms with Crippen LogP contribution in [0.2, 0.25) is 0 Å². The third-order valence-electron chi connectivity index (χ3n) is 2.15. The van der Waals surface area contributed by atoms with E-state index in [1.807, 2.05) is 12.1 Å². The van der Waals surface area contributed by atoms with Crippen LogP contribution in [0.5, 0.6) is 11.5 Å². The molecule has 0 aliphatic heterocycles. The molecule has 2 rings (SSSR count). The Balaban J connectivity index is 2.48. The van der Waals surface area contributed by atoms with Gasteiger partial charge < -0.3 is 9.47 Å². The van der Waals surface area contributed by atoms with E-state index >= 15 is 0 Å². The maximum absolute atomic E-state index is 5.18. The average Bonchev–Trinajstić information content (AvgIpc) is 2.39. The molecule has 82 valence electrons. The maximum Gasteiger partial charge on any atom is 0.123 e. The summed E-state index contributed by atoms with van der Waals surface area (Å²) in [6.07, 6.45) is 1.59. The molecule has 5 nitrogen and oxygen atoms in total. The number of nitrogens with zero attached hydrogens (tertiary/aromatic N) is 3. The first-order valence-corrected chi connectivity index (χ1v) is 4.71. The molecule has 0 N–H and O–H groups in total. The predicted molar refractivity (Wildman–Crippen MR) is 58.4 cm³/mol. The van der Waals surface area contributed by atoms with Crippen LogP contribution in [0, 0.1) is 0 Å². The second-order valence-corrected chi connectivity index (χ2v) is 3.11. The fourth-order valence-electron chi connectivity index (χ4n) is 1.35. The minimum Gasteiger partial charge on any atom is -0.497 e. The van der Waals surface area contributed by atoms with E-state index in [1.54, 1.807) is 32.5 Å². The Kier molecular flexibility index (Phi) is 2.95. The molecule has 0 spiro atoms. The second kappa shape index (κ2) is 4.57. The second-order valence-electron chi connectivity index (χ2n) is 3.11. The van der Waals surface area contributed by atoms with E-state index in [1.165, 1.54) is 0 Å². The lowest BCUT2D eigenvalue weighted by Crippen LogP contribution is -1.92. The summed E-state index contributed by atoms with van der Waals surface area (Å²) in [6, 6.07) is 7.32. The number of aromatic nitrogens is 3. The highest BCUT2D eigenvalue weighted by Crippen LogP contribution is 2.27. The summed E-state index contributed by atoms with van der Waals surface area (Å²) in [6.45, 7) is 0. The van der Waals surface area contributed by atoms with Crippen molar-refractivity contribution >= 4 is 0 Å². The van der Waals surface area contributed by atoms with Crippen molar-refractivity contribution in [3.63, 3.8) is 0 Å². The first kappa shape index (κ1) is 10.4. The van der Waals surface area contributed by atoms with Crippen LogP contribution in [0.15, 0.2) is 30.5 Å². The SMILES string of the molecule is COc1cc(OC)cc(-c2ccnnn2)c1. The van der Waals surface area contributed by atoms with Crippen LogP contribution in [-0.4, -0.2) is 29.6 Å². The molecule has 0 aliphatic rings. The van der Waals surface area contributed by atoms with Gasteiger partial charge in [0.15, 0.2) is 0 Å². The number of hydrogen-bond acceptors (Lipinski definition) is 5. The van der Waals surface area contributed by atoms with Gasteiger partial charge in [0.1, 0.15) is 11.5 Å². The van der Waals surface area contributed by atoms with E-state index in [0.717, 1.165) is 11.3 Å². The number of benzene rings is 1. The van der Waals surface area contributed by atoms with Crippen molar-refractivity contribution < 1.29 is 9.47 Å². The highest BCUT2D eigenvalue weighted by molar-refractivity contribution is 5.63. The minimum absolute atomic E-state index is 0.716. The summed E-state index contributed by atoms with van der Waals surface area (Å²) in [7, 11) is 3.22. The van der Waals surface area contributed by atoms with Crippen LogP contribution in [-0.2, 0) is 0 Å². The standard InChI is InChI=1S/C11H11N3O2/c1-15-9-5-8(6-10(7-9)16-2)11-3-4-12-14-13-11/h3-7H,1-2H3. The van der Waals surface area contributed by atoms with E-state index in [4.69, 9.17) is 9.47 Å². The molecule has 1 heterocycles. The predicted octanol–water partition coefficient (Wildman–Crippen LogP) is 1.56. The quantitative estimate of drug-likeness (QED) is 0.780. The van der Waals surface area contributed by atoms with E-state index in [0.29, 0.717) is 11.5 Å². The highest BCUT2D eigenvalue weighted by atomic mass is 16.5. The zero-order valence-electron chi connectivity index (χ0n) is 9.04. The summed E-state index contributed by atoms with van der Waals surface area (Å²) in [5.41, 5.74) is 1.61. The molecule has 0 unspecified atom stereocenters. The largest absolute Gasteiger partial charge is 0.497 e. The lowest BCUT2D eigenvalue weighted by atomic mass is 10.1. The van der Waals surface area contributed by atoms with Crippen LogP contribution >= 0.6 is 0 Å². The summed E-state index contributed by atoms with van der Waals surface area (Å²) in [4.78, 5) is 0. The van der Waals surface area contributed by atoms with Crippen molar-refractivity contribution in [3.8, 4) is 22.8 Å². The molecule has 0 fully saturated rings. The number of ether oxygens (including phenoxy) is 2. The lowest BCUT2D eigenvalue weighted by Gasteiger charge is -2.07. The fraction of sp³-hybridized carbons (Fsp3) is 0.182. The number of rotatable bonds is 3. The third kappa shape index (κ3) is 2.08. The normalized spacial score (nSPS) is 9.88. The molecule has 0 amide bonds. The van der Waals surface area contributed by atoms with Crippen molar-refractivity contribution in [1.29, 1.82) is 0 Å². The van der Waals surface area contributed by atoms with Gasteiger partial charge in [0.25, 0.3) is 0 Å². The topological polar surface area (TPSA) is 57.1 Å². The van der Waals surface area contributed by atoms with Crippen LogP contribution in [0.4, 0.5) is 0 Å². The summed E-state index contributed by atoms with van der Waals surface area (Å²) >= 11 is 0.